The molecule has 2 fully saturated rings. The minimum atomic E-state index is -1.10. The third-order valence-electron chi connectivity index (χ3n) is 8.35. The molecule has 4 aromatic rings. The molecule has 2 atom stereocenters. The van der Waals surface area contributed by atoms with Crippen LogP contribution in [-0.4, -0.2) is 61.8 Å². The Morgan fingerprint density at radius 1 is 1.07 bits per heavy atom. The number of rotatable bonds is 5. The fourth-order valence-electron chi connectivity index (χ4n) is 6.07. The second-order valence-corrected chi connectivity index (χ2v) is 11.7. The van der Waals surface area contributed by atoms with Gasteiger partial charge in [0.15, 0.2) is 5.65 Å². The number of halogens is 2. The van der Waals surface area contributed by atoms with Crippen LogP contribution in [0.25, 0.3) is 16.7 Å². The first kappa shape index (κ1) is 27.0. The second-order valence-electron chi connectivity index (χ2n) is 10.9. The lowest BCUT2D eigenvalue weighted by Crippen LogP contribution is -2.52. The summed E-state index contributed by atoms with van der Waals surface area (Å²) in [4.78, 5) is 33.4. The number of piperidine rings is 2. The van der Waals surface area contributed by atoms with E-state index in [1.165, 1.54) is 16.5 Å². The van der Waals surface area contributed by atoms with Crippen molar-refractivity contribution >= 4 is 40.1 Å². The first-order valence-corrected chi connectivity index (χ1v) is 14.4. The SMILES string of the molecule is O=C([C@@H]1CCNC[C@H]1c1ccccc1)N1CCC(O)(Cn2cnc3c(ccn3-c3ccc(Cl)c(Cl)c3)c2=O)CC1. The van der Waals surface area contributed by atoms with Gasteiger partial charge in [-0.1, -0.05) is 53.5 Å². The van der Waals surface area contributed by atoms with E-state index in [0.29, 0.717) is 47.0 Å². The number of fused-ring (bicyclic) bond motifs is 1. The summed E-state index contributed by atoms with van der Waals surface area (Å²) in [5, 5.41) is 16.2. The van der Waals surface area contributed by atoms with Crippen molar-refractivity contribution < 1.29 is 9.90 Å². The van der Waals surface area contributed by atoms with E-state index < -0.39 is 5.60 Å². The highest BCUT2D eigenvalue weighted by atomic mass is 35.5. The monoisotopic (exact) mass is 579 g/mol. The van der Waals surface area contributed by atoms with Crippen molar-refractivity contribution in [3.63, 3.8) is 0 Å². The molecule has 4 heterocycles. The predicted molar refractivity (Wildman–Crippen MR) is 156 cm³/mol. The van der Waals surface area contributed by atoms with Crippen molar-refractivity contribution in [3.05, 3.63) is 93.1 Å². The van der Waals surface area contributed by atoms with Crippen molar-refractivity contribution in [1.82, 2.24) is 24.3 Å². The summed E-state index contributed by atoms with van der Waals surface area (Å²) in [6.07, 6.45) is 4.84. The Morgan fingerprint density at radius 3 is 2.60 bits per heavy atom. The van der Waals surface area contributed by atoms with Gasteiger partial charge in [0.1, 0.15) is 6.33 Å². The lowest BCUT2D eigenvalue weighted by atomic mass is 9.80. The highest BCUT2D eigenvalue weighted by Gasteiger charge is 2.39. The molecule has 8 nitrogen and oxygen atoms in total. The third kappa shape index (κ3) is 5.17. The zero-order valence-electron chi connectivity index (χ0n) is 22.0. The summed E-state index contributed by atoms with van der Waals surface area (Å²) in [6.45, 7) is 2.64. The molecule has 2 aromatic carbocycles. The van der Waals surface area contributed by atoms with Gasteiger partial charge in [0, 0.05) is 43.4 Å². The molecule has 0 aliphatic carbocycles. The van der Waals surface area contributed by atoms with Crippen LogP contribution in [0.15, 0.2) is 71.9 Å². The number of benzene rings is 2. The normalized spacial score (nSPS) is 21.0. The quantitative estimate of drug-likeness (QED) is 0.369. The van der Waals surface area contributed by atoms with Gasteiger partial charge in [-0.2, -0.15) is 0 Å². The maximum absolute atomic E-state index is 13.6. The Hall–Kier alpha value is -3.17. The molecule has 0 spiro atoms. The number of carbonyl (C=O) groups is 1. The molecule has 40 heavy (non-hydrogen) atoms. The molecule has 2 N–H and O–H groups in total. The number of hydrogen-bond acceptors (Lipinski definition) is 5. The minimum Gasteiger partial charge on any atom is -0.388 e. The van der Waals surface area contributed by atoms with Gasteiger partial charge in [-0.25, -0.2) is 4.98 Å². The molecule has 0 radical (unpaired) electrons. The van der Waals surface area contributed by atoms with Crippen molar-refractivity contribution in [2.24, 2.45) is 5.92 Å². The van der Waals surface area contributed by atoms with E-state index in [0.717, 1.165) is 25.2 Å². The van der Waals surface area contributed by atoms with Crippen LogP contribution in [-0.2, 0) is 11.3 Å². The second kappa shape index (κ2) is 11.0. The van der Waals surface area contributed by atoms with Gasteiger partial charge in [-0.05, 0) is 55.6 Å². The molecule has 2 aliphatic rings. The summed E-state index contributed by atoms with van der Waals surface area (Å²) in [5.74, 6) is 0.209. The van der Waals surface area contributed by atoms with E-state index in [9.17, 15) is 14.7 Å². The van der Waals surface area contributed by atoms with Gasteiger partial charge in [0.25, 0.3) is 5.56 Å². The summed E-state index contributed by atoms with van der Waals surface area (Å²) in [5.41, 5.74) is 1.10. The van der Waals surface area contributed by atoms with Crippen molar-refractivity contribution in [1.29, 1.82) is 0 Å². The van der Waals surface area contributed by atoms with Crippen molar-refractivity contribution in [3.8, 4) is 5.69 Å². The number of likely N-dealkylation sites (tertiary alicyclic amines) is 1. The van der Waals surface area contributed by atoms with Gasteiger partial charge in [0.2, 0.25) is 5.91 Å². The molecule has 2 aliphatic heterocycles. The number of carbonyl (C=O) groups excluding carboxylic acids is 1. The Morgan fingerprint density at radius 2 is 1.85 bits per heavy atom. The Kier molecular flexibility index (Phi) is 7.44. The smallest absolute Gasteiger partial charge is 0.262 e. The van der Waals surface area contributed by atoms with Crippen LogP contribution in [0.2, 0.25) is 10.0 Å². The maximum Gasteiger partial charge on any atom is 0.262 e. The molecule has 0 bridgehead atoms. The van der Waals surface area contributed by atoms with Crippen LogP contribution in [0.4, 0.5) is 0 Å². The number of aromatic nitrogens is 3. The first-order valence-electron chi connectivity index (χ1n) is 13.6. The summed E-state index contributed by atoms with van der Waals surface area (Å²) >= 11 is 12.2. The molecule has 2 aromatic heterocycles. The van der Waals surface area contributed by atoms with Crippen molar-refractivity contribution in [2.75, 3.05) is 26.2 Å². The topological polar surface area (TPSA) is 92.4 Å². The molecule has 10 heteroatoms. The van der Waals surface area contributed by atoms with Crippen LogP contribution in [0.5, 0.6) is 0 Å². The minimum absolute atomic E-state index is 0.0800. The van der Waals surface area contributed by atoms with E-state index in [4.69, 9.17) is 23.2 Å². The molecular formula is C30H31Cl2N5O3. The fourth-order valence-corrected chi connectivity index (χ4v) is 6.36. The highest BCUT2D eigenvalue weighted by molar-refractivity contribution is 6.42. The zero-order valence-corrected chi connectivity index (χ0v) is 23.5. The molecule has 208 valence electrons. The van der Waals surface area contributed by atoms with Gasteiger partial charge in [-0.15, -0.1) is 0 Å². The van der Waals surface area contributed by atoms with Crippen molar-refractivity contribution in [2.45, 2.75) is 37.3 Å². The van der Waals surface area contributed by atoms with Gasteiger partial charge >= 0.3 is 0 Å². The van der Waals surface area contributed by atoms with E-state index in [2.05, 4.69) is 22.4 Å². The average molecular weight is 581 g/mol. The number of aliphatic hydroxyl groups is 1. The Balaban J connectivity index is 1.15. The molecule has 0 unspecified atom stereocenters. The Labute approximate surface area is 242 Å². The Bertz CT molecular complexity index is 1590. The summed E-state index contributed by atoms with van der Waals surface area (Å²) < 4.78 is 3.25. The average Bonchev–Trinajstić information content (AvgIpc) is 3.41. The van der Waals surface area contributed by atoms with Crippen LogP contribution in [0.1, 0.15) is 30.7 Å². The predicted octanol–water partition coefficient (Wildman–Crippen LogP) is 4.24. The summed E-state index contributed by atoms with van der Waals surface area (Å²) in [6, 6.07) is 17.2. The number of nitrogens with one attached hydrogen (secondary N) is 1. The lowest BCUT2D eigenvalue weighted by molar-refractivity contribution is -0.141. The van der Waals surface area contributed by atoms with Crippen LogP contribution >= 0.6 is 23.2 Å². The van der Waals surface area contributed by atoms with Gasteiger partial charge in [-0.3, -0.25) is 14.2 Å². The highest BCUT2D eigenvalue weighted by Crippen LogP contribution is 2.33. The van der Waals surface area contributed by atoms with E-state index in [1.807, 2.05) is 29.2 Å². The fraction of sp³-hybridized carbons (Fsp3) is 0.367. The van der Waals surface area contributed by atoms with Crippen LogP contribution in [0.3, 0.4) is 0 Å². The van der Waals surface area contributed by atoms with Crippen LogP contribution in [0, 0.1) is 5.92 Å². The first-order chi connectivity index (χ1) is 19.3. The number of hydrogen-bond donors (Lipinski definition) is 2. The summed E-state index contributed by atoms with van der Waals surface area (Å²) in [7, 11) is 0. The largest absolute Gasteiger partial charge is 0.388 e. The number of nitrogens with zero attached hydrogens (tertiary/aromatic N) is 4. The molecule has 6 rings (SSSR count). The molecule has 2 saturated heterocycles. The van der Waals surface area contributed by atoms with Crippen LogP contribution < -0.4 is 10.9 Å². The third-order valence-corrected chi connectivity index (χ3v) is 9.09. The number of amides is 1. The lowest BCUT2D eigenvalue weighted by Gasteiger charge is -2.41. The van der Waals surface area contributed by atoms with Gasteiger partial charge < -0.3 is 19.9 Å². The molecular weight excluding hydrogens is 549 g/mol. The standard InChI is InChI=1S/C30H31Cl2N5O3/c31-25-7-6-21(16-26(25)32)37-13-9-23-27(37)34-19-36(29(23)39)18-30(40)10-14-35(15-11-30)28(38)22-8-12-33-17-24(22)20-4-2-1-3-5-20/h1-7,9,13,16,19,22,24,33,40H,8,10-12,14-15,17-18H2/t22-,24+/m1/s1. The van der Waals surface area contributed by atoms with E-state index >= 15 is 0 Å². The molecule has 0 saturated carbocycles. The molecule has 1 amide bonds. The zero-order chi connectivity index (χ0) is 27.9. The van der Waals surface area contributed by atoms with E-state index in [1.54, 1.807) is 29.0 Å². The van der Waals surface area contributed by atoms with Gasteiger partial charge in [0.05, 0.1) is 27.6 Å². The van der Waals surface area contributed by atoms with E-state index in [-0.39, 0.29) is 29.8 Å². The maximum atomic E-state index is 13.6.